The second-order valence-electron chi connectivity index (χ2n) is 3.05. The van der Waals surface area contributed by atoms with Crippen LogP contribution in [0.15, 0.2) is 29.2 Å². The zero-order chi connectivity index (χ0) is 11.1. The minimum Gasteiger partial charge on any atom is -0.508 e. The standard InChI is InChI=1S/C11H15NO2S/c1-2-12-11(14)7-8-15-10-5-3-9(13)4-6-10/h3-6,13H,2,7-8H2,1H3,(H,12,14). The molecule has 1 rings (SSSR count). The molecule has 0 bridgehead atoms. The van der Waals surface area contributed by atoms with E-state index in [1.807, 2.05) is 19.1 Å². The average molecular weight is 225 g/mol. The molecule has 0 radical (unpaired) electrons. The SMILES string of the molecule is CCNC(=O)CCSc1ccc(O)cc1. The number of hydrogen-bond donors (Lipinski definition) is 2. The van der Waals surface area contributed by atoms with Crippen LogP contribution in [0, 0.1) is 0 Å². The largest absolute Gasteiger partial charge is 0.508 e. The second-order valence-corrected chi connectivity index (χ2v) is 4.21. The number of carbonyl (C=O) groups is 1. The van der Waals surface area contributed by atoms with Gasteiger partial charge in [-0.3, -0.25) is 4.79 Å². The van der Waals surface area contributed by atoms with Gasteiger partial charge < -0.3 is 10.4 Å². The lowest BCUT2D eigenvalue weighted by molar-refractivity contribution is -0.120. The molecule has 0 aliphatic carbocycles. The summed E-state index contributed by atoms with van der Waals surface area (Å²) in [6.07, 6.45) is 0.527. The summed E-state index contributed by atoms with van der Waals surface area (Å²) in [7, 11) is 0. The summed E-state index contributed by atoms with van der Waals surface area (Å²) < 4.78 is 0. The number of thioether (sulfide) groups is 1. The summed E-state index contributed by atoms with van der Waals surface area (Å²) in [5.74, 6) is 1.11. The molecule has 0 atom stereocenters. The van der Waals surface area contributed by atoms with Crippen molar-refractivity contribution in [1.82, 2.24) is 5.32 Å². The molecule has 0 heterocycles. The van der Waals surface area contributed by atoms with Gasteiger partial charge in [-0.1, -0.05) is 0 Å². The third-order valence-electron chi connectivity index (χ3n) is 1.81. The van der Waals surface area contributed by atoms with Crippen LogP contribution in [0.1, 0.15) is 13.3 Å². The summed E-state index contributed by atoms with van der Waals surface area (Å²) in [5, 5.41) is 11.8. The molecule has 1 aromatic carbocycles. The molecule has 2 N–H and O–H groups in total. The fourth-order valence-corrected chi connectivity index (χ4v) is 1.94. The van der Waals surface area contributed by atoms with E-state index in [9.17, 15) is 4.79 Å². The molecule has 0 saturated heterocycles. The number of phenolic OH excluding ortho intramolecular Hbond substituents is 1. The number of benzene rings is 1. The fourth-order valence-electron chi connectivity index (χ4n) is 1.09. The fraction of sp³-hybridized carbons (Fsp3) is 0.364. The van der Waals surface area contributed by atoms with E-state index in [-0.39, 0.29) is 11.7 Å². The Labute approximate surface area is 93.9 Å². The molecule has 0 spiro atoms. The molecule has 0 fully saturated rings. The van der Waals surface area contributed by atoms with Crippen molar-refractivity contribution in [2.75, 3.05) is 12.3 Å². The Morgan fingerprint density at radius 2 is 2.07 bits per heavy atom. The van der Waals surface area contributed by atoms with Crippen molar-refractivity contribution in [3.05, 3.63) is 24.3 Å². The maximum absolute atomic E-state index is 11.1. The zero-order valence-electron chi connectivity index (χ0n) is 8.69. The van der Waals surface area contributed by atoms with Crippen molar-refractivity contribution in [3.8, 4) is 5.75 Å². The molecule has 0 aliphatic heterocycles. The number of carbonyl (C=O) groups excluding carboxylic acids is 1. The van der Waals surface area contributed by atoms with Crippen LogP contribution < -0.4 is 5.32 Å². The highest BCUT2D eigenvalue weighted by molar-refractivity contribution is 7.99. The van der Waals surface area contributed by atoms with Crippen molar-refractivity contribution in [1.29, 1.82) is 0 Å². The van der Waals surface area contributed by atoms with Crippen LogP contribution >= 0.6 is 11.8 Å². The number of aromatic hydroxyl groups is 1. The maximum atomic E-state index is 11.1. The van der Waals surface area contributed by atoms with Gasteiger partial charge in [-0.25, -0.2) is 0 Å². The number of hydrogen-bond acceptors (Lipinski definition) is 3. The van der Waals surface area contributed by atoms with E-state index in [1.165, 1.54) is 0 Å². The van der Waals surface area contributed by atoms with Gasteiger partial charge in [0.15, 0.2) is 0 Å². The second kappa shape index (κ2) is 6.35. The number of nitrogens with one attached hydrogen (secondary N) is 1. The lowest BCUT2D eigenvalue weighted by Crippen LogP contribution is -2.22. The van der Waals surface area contributed by atoms with Gasteiger partial charge in [0, 0.05) is 23.6 Å². The van der Waals surface area contributed by atoms with Crippen molar-refractivity contribution in [2.24, 2.45) is 0 Å². The quantitative estimate of drug-likeness (QED) is 0.754. The summed E-state index contributed by atoms with van der Waals surface area (Å²) in [6, 6.07) is 6.98. The predicted octanol–water partition coefficient (Wildman–Crippen LogP) is 2.01. The van der Waals surface area contributed by atoms with Crippen molar-refractivity contribution >= 4 is 17.7 Å². The maximum Gasteiger partial charge on any atom is 0.220 e. The molecule has 0 unspecified atom stereocenters. The van der Waals surface area contributed by atoms with E-state index in [2.05, 4.69) is 5.32 Å². The van der Waals surface area contributed by atoms with Crippen LogP contribution in [0.3, 0.4) is 0 Å². The summed E-state index contributed by atoms with van der Waals surface area (Å²) in [6.45, 7) is 2.59. The predicted molar refractivity (Wildman–Crippen MR) is 62.1 cm³/mol. The lowest BCUT2D eigenvalue weighted by atomic mass is 10.3. The van der Waals surface area contributed by atoms with Crippen LogP contribution in [0.25, 0.3) is 0 Å². The van der Waals surface area contributed by atoms with Crippen LogP contribution in [0.5, 0.6) is 5.75 Å². The monoisotopic (exact) mass is 225 g/mol. The highest BCUT2D eigenvalue weighted by atomic mass is 32.2. The Balaban J connectivity index is 2.26. The Morgan fingerprint density at radius 1 is 1.40 bits per heavy atom. The van der Waals surface area contributed by atoms with E-state index >= 15 is 0 Å². The topological polar surface area (TPSA) is 49.3 Å². The Kier molecular flexibility index (Phi) is 5.04. The first kappa shape index (κ1) is 11.9. The van der Waals surface area contributed by atoms with Crippen LogP contribution in [0.4, 0.5) is 0 Å². The molecular weight excluding hydrogens is 210 g/mol. The first-order valence-corrected chi connectivity index (χ1v) is 5.89. The Bertz CT molecular complexity index is 311. The number of rotatable bonds is 5. The Hall–Kier alpha value is -1.16. The van der Waals surface area contributed by atoms with E-state index < -0.39 is 0 Å². The summed E-state index contributed by atoms with van der Waals surface area (Å²) >= 11 is 1.61. The van der Waals surface area contributed by atoms with Gasteiger partial charge in [0.05, 0.1) is 0 Å². The zero-order valence-corrected chi connectivity index (χ0v) is 9.51. The molecule has 0 aliphatic rings. The van der Waals surface area contributed by atoms with Crippen molar-refractivity contribution < 1.29 is 9.90 Å². The molecular formula is C11H15NO2S. The Morgan fingerprint density at radius 3 is 2.67 bits per heavy atom. The molecule has 15 heavy (non-hydrogen) atoms. The van der Waals surface area contributed by atoms with Crippen molar-refractivity contribution in [3.63, 3.8) is 0 Å². The summed E-state index contributed by atoms with van der Waals surface area (Å²) in [4.78, 5) is 12.2. The highest BCUT2D eigenvalue weighted by Gasteiger charge is 2.00. The third kappa shape index (κ3) is 4.74. The number of phenols is 1. The van der Waals surface area contributed by atoms with E-state index in [0.29, 0.717) is 13.0 Å². The van der Waals surface area contributed by atoms with E-state index in [0.717, 1.165) is 10.6 Å². The minimum absolute atomic E-state index is 0.0868. The third-order valence-corrected chi connectivity index (χ3v) is 2.82. The number of amides is 1. The first-order valence-electron chi connectivity index (χ1n) is 4.91. The molecule has 4 heteroatoms. The van der Waals surface area contributed by atoms with Gasteiger partial charge in [-0.15, -0.1) is 11.8 Å². The molecule has 82 valence electrons. The highest BCUT2D eigenvalue weighted by Crippen LogP contribution is 2.20. The minimum atomic E-state index is 0.0868. The van der Waals surface area contributed by atoms with Crippen LogP contribution in [-0.4, -0.2) is 23.3 Å². The van der Waals surface area contributed by atoms with Gasteiger partial charge in [0.25, 0.3) is 0 Å². The van der Waals surface area contributed by atoms with E-state index in [1.54, 1.807) is 23.9 Å². The van der Waals surface area contributed by atoms with Gasteiger partial charge >= 0.3 is 0 Å². The smallest absolute Gasteiger partial charge is 0.220 e. The van der Waals surface area contributed by atoms with Crippen LogP contribution in [-0.2, 0) is 4.79 Å². The first-order chi connectivity index (χ1) is 7.22. The molecule has 1 amide bonds. The van der Waals surface area contributed by atoms with Gasteiger partial charge in [-0.2, -0.15) is 0 Å². The lowest BCUT2D eigenvalue weighted by Gasteiger charge is -2.02. The molecule has 1 aromatic rings. The average Bonchev–Trinajstić information content (AvgIpc) is 2.21. The van der Waals surface area contributed by atoms with E-state index in [4.69, 9.17) is 5.11 Å². The van der Waals surface area contributed by atoms with Gasteiger partial charge in [0.2, 0.25) is 5.91 Å². The molecule has 3 nitrogen and oxygen atoms in total. The normalized spacial score (nSPS) is 9.93. The molecule has 0 saturated carbocycles. The van der Waals surface area contributed by atoms with Gasteiger partial charge in [-0.05, 0) is 31.2 Å². The van der Waals surface area contributed by atoms with Crippen LogP contribution in [0.2, 0.25) is 0 Å². The van der Waals surface area contributed by atoms with Crippen molar-refractivity contribution in [2.45, 2.75) is 18.2 Å². The molecule has 0 aromatic heterocycles. The summed E-state index contributed by atoms with van der Waals surface area (Å²) in [5.41, 5.74) is 0. The van der Waals surface area contributed by atoms with Gasteiger partial charge in [0.1, 0.15) is 5.75 Å².